The predicted molar refractivity (Wildman–Crippen MR) is 76.0 cm³/mol. The lowest BCUT2D eigenvalue weighted by Crippen LogP contribution is -2.39. The van der Waals surface area contributed by atoms with Crippen molar-refractivity contribution in [3.05, 3.63) is 29.4 Å². The molecule has 1 aromatic heterocycles. The number of aromatic nitrogens is 2. The van der Waals surface area contributed by atoms with E-state index in [-0.39, 0.29) is 5.92 Å². The average Bonchev–Trinajstić information content (AvgIpc) is 2.37. The van der Waals surface area contributed by atoms with Gasteiger partial charge >= 0.3 is 0 Å². The number of anilines is 1. The molecule has 19 heavy (non-hydrogen) atoms. The highest BCUT2D eigenvalue weighted by molar-refractivity contribution is 6.34. The van der Waals surface area contributed by atoms with E-state index in [1.54, 1.807) is 0 Å². The molecule has 3 N–H and O–H groups in total. The molecule has 0 radical (unpaired) electrons. The zero-order valence-corrected chi connectivity index (χ0v) is 11.5. The number of amides is 1. The molecule has 100 valence electrons. The second kappa shape index (κ2) is 5.40. The molecule has 5 nitrogen and oxygen atoms in total. The van der Waals surface area contributed by atoms with Crippen LogP contribution in [0.2, 0.25) is 5.15 Å². The first-order valence-corrected chi connectivity index (χ1v) is 6.35. The van der Waals surface area contributed by atoms with Gasteiger partial charge in [-0.25, -0.2) is 0 Å². The summed E-state index contributed by atoms with van der Waals surface area (Å²) < 4.78 is 0. The normalized spacial score (nSPS) is 12.6. The molecule has 1 amide bonds. The number of halogens is 1. The Balaban J connectivity index is 2.46. The number of carbonyl (C=O) groups is 1. The fourth-order valence-electron chi connectivity index (χ4n) is 1.89. The van der Waals surface area contributed by atoms with Crippen molar-refractivity contribution in [2.75, 3.05) is 5.32 Å². The largest absolute Gasteiger partial charge is 0.368 e. The van der Waals surface area contributed by atoms with Crippen LogP contribution >= 0.6 is 11.6 Å². The van der Waals surface area contributed by atoms with Crippen LogP contribution in [0.15, 0.2) is 24.3 Å². The summed E-state index contributed by atoms with van der Waals surface area (Å²) in [5, 5.41) is 12.9. The molecular formula is C13H15ClN4O. The molecule has 1 atom stereocenters. The van der Waals surface area contributed by atoms with Crippen molar-refractivity contribution >= 4 is 34.1 Å². The van der Waals surface area contributed by atoms with Crippen LogP contribution in [-0.2, 0) is 4.79 Å². The Morgan fingerprint density at radius 3 is 2.47 bits per heavy atom. The molecule has 0 saturated carbocycles. The quantitative estimate of drug-likeness (QED) is 0.898. The smallest absolute Gasteiger partial charge is 0.240 e. The first kappa shape index (κ1) is 13.5. The van der Waals surface area contributed by atoms with E-state index in [2.05, 4.69) is 15.5 Å². The first-order valence-electron chi connectivity index (χ1n) is 5.97. The Hall–Kier alpha value is -1.88. The molecule has 0 aliphatic heterocycles. The molecule has 0 spiro atoms. The van der Waals surface area contributed by atoms with E-state index >= 15 is 0 Å². The fourth-order valence-corrected chi connectivity index (χ4v) is 2.09. The maximum absolute atomic E-state index is 11.4. The lowest BCUT2D eigenvalue weighted by Gasteiger charge is -2.20. The van der Waals surface area contributed by atoms with Gasteiger partial charge in [-0.05, 0) is 5.92 Å². The van der Waals surface area contributed by atoms with E-state index < -0.39 is 11.9 Å². The predicted octanol–water partition coefficient (Wildman–Crippen LogP) is 2.20. The summed E-state index contributed by atoms with van der Waals surface area (Å²) >= 11 is 6.00. The lowest BCUT2D eigenvalue weighted by molar-refractivity contribution is -0.119. The van der Waals surface area contributed by atoms with E-state index in [0.717, 1.165) is 10.8 Å². The number of carbonyl (C=O) groups excluding carboxylic acids is 1. The summed E-state index contributed by atoms with van der Waals surface area (Å²) in [7, 11) is 0. The Labute approximate surface area is 116 Å². The number of nitrogens with two attached hydrogens (primary N) is 1. The van der Waals surface area contributed by atoms with Crippen LogP contribution in [-0.4, -0.2) is 22.1 Å². The van der Waals surface area contributed by atoms with Crippen molar-refractivity contribution < 1.29 is 4.79 Å². The van der Waals surface area contributed by atoms with Crippen LogP contribution in [0.5, 0.6) is 0 Å². The third-order valence-corrected chi connectivity index (χ3v) is 3.19. The minimum Gasteiger partial charge on any atom is -0.368 e. The highest BCUT2D eigenvalue weighted by Gasteiger charge is 2.21. The maximum Gasteiger partial charge on any atom is 0.240 e. The molecule has 2 rings (SSSR count). The van der Waals surface area contributed by atoms with Crippen molar-refractivity contribution in [3.8, 4) is 0 Å². The summed E-state index contributed by atoms with van der Waals surface area (Å²) in [5.74, 6) is 0.141. The van der Waals surface area contributed by atoms with Gasteiger partial charge in [-0.1, -0.05) is 49.7 Å². The van der Waals surface area contributed by atoms with Crippen molar-refractivity contribution in [3.63, 3.8) is 0 Å². The zero-order valence-electron chi connectivity index (χ0n) is 10.7. The van der Waals surface area contributed by atoms with Gasteiger partial charge in [0.1, 0.15) is 6.04 Å². The lowest BCUT2D eigenvalue weighted by atomic mass is 10.0. The number of hydrogen-bond acceptors (Lipinski definition) is 4. The van der Waals surface area contributed by atoms with Crippen LogP contribution in [0.3, 0.4) is 0 Å². The monoisotopic (exact) mass is 278 g/mol. The highest BCUT2D eigenvalue weighted by atomic mass is 35.5. The van der Waals surface area contributed by atoms with E-state index in [1.165, 1.54) is 0 Å². The minimum absolute atomic E-state index is 0.0498. The summed E-state index contributed by atoms with van der Waals surface area (Å²) in [6, 6.07) is 6.97. The van der Waals surface area contributed by atoms with Gasteiger partial charge in [0.2, 0.25) is 5.91 Å². The molecule has 0 fully saturated rings. The average molecular weight is 279 g/mol. The topological polar surface area (TPSA) is 80.9 Å². The van der Waals surface area contributed by atoms with Crippen LogP contribution in [0.4, 0.5) is 5.82 Å². The fraction of sp³-hybridized carbons (Fsp3) is 0.308. The second-order valence-electron chi connectivity index (χ2n) is 4.65. The maximum atomic E-state index is 11.4. The second-order valence-corrected chi connectivity index (χ2v) is 5.01. The van der Waals surface area contributed by atoms with Gasteiger partial charge < -0.3 is 11.1 Å². The molecule has 1 aromatic carbocycles. The molecule has 0 bridgehead atoms. The van der Waals surface area contributed by atoms with Gasteiger partial charge in [-0.2, -0.15) is 0 Å². The number of fused-ring (bicyclic) bond motifs is 1. The Kier molecular flexibility index (Phi) is 3.85. The molecule has 0 aliphatic carbocycles. The third kappa shape index (κ3) is 2.76. The van der Waals surface area contributed by atoms with E-state index in [0.29, 0.717) is 11.0 Å². The Morgan fingerprint density at radius 2 is 1.89 bits per heavy atom. The SMILES string of the molecule is CC(C)C(Nc1nnc(Cl)c2ccccc12)C(N)=O. The number of nitrogens with one attached hydrogen (secondary N) is 1. The summed E-state index contributed by atoms with van der Waals surface area (Å²) in [6.45, 7) is 3.82. The molecular weight excluding hydrogens is 264 g/mol. The Morgan fingerprint density at radius 1 is 1.26 bits per heavy atom. The van der Waals surface area contributed by atoms with E-state index in [4.69, 9.17) is 17.3 Å². The zero-order chi connectivity index (χ0) is 14.0. The van der Waals surface area contributed by atoms with Crippen molar-refractivity contribution in [2.45, 2.75) is 19.9 Å². The van der Waals surface area contributed by atoms with Crippen molar-refractivity contribution in [1.29, 1.82) is 0 Å². The van der Waals surface area contributed by atoms with E-state index in [1.807, 2.05) is 38.1 Å². The standard InChI is InChI=1S/C13H15ClN4O/c1-7(2)10(12(15)19)16-13-9-6-4-3-5-8(9)11(14)17-18-13/h3-7,10H,1-2H3,(H2,15,19)(H,16,18). The summed E-state index contributed by atoms with van der Waals surface area (Å²) in [4.78, 5) is 11.4. The van der Waals surface area contributed by atoms with Crippen molar-refractivity contribution in [1.82, 2.24) is 10.2 Å². The molecule has 1 heterocycles. The highest BCUT2D eigenvalue weighted by Crippen LogP contribution is 2.26. The molecule has 0 saturated heterocycles. The van der Waals surface area contributed by atoms with Crippen LogP contribution in [0.1, 0.15) is 13.8 Å². The van der Waals surface area contributed by atoms with Gasteiger partial charge in [0.25, 0.3) is 0 Å². The van der Waals surface area contributed by atoms with Gasteiger partial charge in [-0.15, -0.1) is 10.2 Å². The third-order valence-electron chi connectivity index (χ3n) is 2.91. The van der Waals surface area contributed by atoms with Crippen LogP contribution in [0, 0.1) is 5.92 Å². The van der Waals surface area contributed by atoms with E-state index in [9.17, 15) is 4.79 Å². The Bertz CT molecular complexity index is 615. The minimum atomic E-state index is -0.501. The summed E-state index contributed by atoms with van der Waals surface area (Å²) in [5.41, 5.74) is 5.38. The number of hydrogen-bond donors (Lipinski definition) is 2. The molecule has 2 aromatic rings. The first-order chi connectivity index (χ1) is 9.00. The van der Waals surface area contributed by atoms with Gasteiger partial charge in [0.15, 0.2) is 11.0 Å². The number of benzene rings is 1. The number of primary amides is 1. The molecule has 6 heteroatoms. The van der Waals surface area contributed by atoms with Gasteiger partial charge in [0.05, 0.1) is 0 Å². The van der Waals surface area contributed by atoms with Crippen LogP contribution in [0.25, 0.3) is 10.8 Å². The summed E-state index contributed by atoms with van der Waals surface area (Å²) in [6.07, 6.45) is 0. The number of nitrogens with zero attached hydrogens (tertiary/aromatic N) is 2. The molecule has 0 aliphatic rings. The van der Waals surface area contributed by atoms with Gasteiger partial charge in [0, 0.05) is 10.8 Å². The number of rotatable bonds is 4. The van der Waals surface area contributed by atoms with Crippen molar-refractivity contribution in [2.24, 2.45) is 11.7 Å². The van der Waals surface area contributed by atoms with Crippen LogP contribution < -0.4 is 11.1 Å². The molecule has 1 unspecified atom stereocenters. The van der Waals surface area contributed by atoms with Gasteiger partial charge in [-0.3, -0.25) is 4.79 Å².